The summed E-state index contributed by atoms with van der Waals surface area (Å²) in [7, 11) is 0. The van der Waals surface area contributed by atoms with Crippen LogP contribution in [0.5, 0.6) is 0 Å². The lowest BCUT2D eigenvalue weighted by Gasteiger charge is -1.96. The number of benzene rings is 1. The Bertz CT molecular complexity index is 648. The molecule has 2 heterocycles. The molecular formula is C12H12N4. The van der Waals surface area contributed by atoms with Crippen LogP contribution in [-0.4, -0.2) is 15.0 Å². The molecule has 0 radical (unpaired) electrons. The zero-order valence-corrected chi connectivity index (χ0v) is 8.91. The van der Waals surface area contributed by atoms with Crippen molar-refractivity contribution in [2.24, 2.45) is 0 Å². The number of aromatic nitrogens is 3. The number of fused-ring (bicyclic) bond motifs is 1. The summed E-state index contributed by atoms with van der Waals surface area (Å²) in [6, 6.07) is 8.19. The number of hydrogen-bond acceptors (Lipinski definition) is 2. The highest BCUT2D eigenvalue weighted by atomic mass is 15.0. The summed E-state index contributed by atoms with van der Waals surface area (Å²) in [6.07, 6.45) is 1.76. The minimum Gasteiger partial charge on any atom is -0.369 e. The number of nitrogens with two attached hydrogens (primary N) is 1. The van der Waals surface area contributed by atoms with Crippen LogP contribution in [0.15, 0.2) is 30.5 Å². The number of anilines is 1. The van der Waals surface area contributed by atoms with Crippen LogP contribution in [0.4, 0.5) is 5.95 Å². The quantitative estimate of drug-likeness (QED) is 0.579. The van der Waals surface area contributed by atoms with Crippen LogP contribution in [0.1, 0.15) is 5.69 Å². The van der Waals surface area contributed by atoms with Crippen molar-refractivity contribution >= 4 is 16.9 Å². The summed E-state index contributed by atoms with van der Waals surface area (Å²) in [5, 5.41) is 1.18. The van der Waals surface area contributed by atoms with Crippen molar-refractivity contribution in [2.75, 3.05) is 5.73 Å². The van der Waals surface area contributed by atoms with E-state index in [2.05, 4.69) is 27.1 Å². The molecule has 0 fully saturated rings. The van der Waals surface area contributed by atoms with Crippen molar-refractivity contribution < 1.29 is 0 Å². The Kier molecular flexibility index (Phi) is 1.77. The average Bonchev–Trinajstić information content (AvgIpc) is 2.80. The van der Waals surface area contributed by atoms with E-state index in [1.54, 1.807) is 6.20 Å². The number of H-pyrrole nitrogens is 2. The monoisotopic (exact) mass is 212 g/mol. The number of hydrogen-bond donors (Lipinski definition) is 3. The Morgan fingerprint density at radius 3 is 2.75 bits per heavy atom. The molecule has 16 heavy (non-hydrogen) atoms. The van der Waals surface area contributed by atoms with Crippen molar-refractivity contribution in [2.45, 2.75) is 6.92 Å². The van der Waals surface area contributed by atoms with Gasteiger partial charge in [0.25, 0.3) is 0 Å². The maximum Gasteiger partial charge on any atom is 0.197 e. The van der Waals surface area contributed by atoms with Gasteiger partial charge in [0.1, 0.15) is 0 Å². The van der Waals surface area contributed by atoms with Crippen LogP contribution in [0.3, 0.4) is 0 Å². The summed E-state index contributed by atoms with van der Waals surface area (Å²) in [5.74, 6) is 0.444. The molecule has 0 aliphatic heterocycles. The van der Waals surface area contributed by atoms with E-state index in [0.29, 0.717) is 5.95 Å². The van der Waals surface area contributed by atoms with Crippen molar-refractivity contribution in [3.63, 3.8) is 0 Å². The number of aromatic amines is 2. The molecule has 0 aliphatic carbocycles. The summed E-state index contributed by atoms with van der Waals surface area (Å²) in [5.41, 5.74) is 9.94. The molecule has 80 valence electrons. The topological polar surface area (TPSA) is 70.5 Å². The molecule has 0 saturated heterocycles. The standard InChI is InChI=1S/C12H12N4/c1-7-11(10-6-14-12(13)16-10)8-4-2-3-5-9(8)15-7/h2-6,15H,1H3,(H3,13,14,16). The van der Waals surface area contributed by atoms with E-state index in [1.807, 2.05) is 19.1 Å². The van der Waals surface area contributed by atoms with Crippen LogP contribution in [0.2, 0.25) is 0 Å². The molecule has 3 rings (SSSR count). The fraction of sp³-hybridized carbons (Fsp3) is 0.0833. The molecule has 0 amide bonds. The van der Waals surface area contributed by atoms with E-state index >= 15 is 0 Å². The predicted molar refractivity (Wildman–Crippen MR) is 65.0 cm³/mol. The number of aryl methyl sites for hydroxylation is 1. The number of imidazole rings is 1. The number of para-hydroxylation sites is 1. The molecule has 1 aromatic carbocycles. The second kappa shape index (κ2) is 3.13. The van der Waals surface area contributed by atoms with Gasteiger partial charge in [-0.2, -0.15) is 0 Å². The van der Waals surface area contributed by atoms with Gasteiger partial charge in [-0.05, 0) is 13.0 Å². The summed E-state index contributed by atoms with van der Waals surface area (Å²) in [4.78, 5) is 10.4. The van der Waals surface area contributed by atoms with E-state index in [0.717, 1.165) is 22.5 Å². The largest absolute Gasteiger partial charge is 0.369 e. The van der Waals surface area contributed by atoms with Crippen LogP contribution in [0.25, 0.3) is 22.2 Å². The highest BCUT2D eigenvalue weighted by Crippen LogP contribution is 2.30. The maximum atomic E-state index is 5.60. The van der Waals surface area contributed by atoms with Crippen molar-refractivity contribution in [3.8, 4) is 11.3 Å². The molecule has 0 bridgehead atoms. The zero-order chi connectivity index (χ0) is 11.1. The summed E-state index contributed by atoms with van der Waals surface area (Å²) < 4.78 is 0. The fourth-order valence-corrected chi connectivity index (χ4v) is 2.09. The first-order valence-electron chi connectivity index (χ1n) is 5.14. The summed E-state index contributed by atoms with van der Waals surface area (Å²) >= 11 is 0. The van der Waals surface area contributed by atoms with Crippen molar-refractivity contribution in [1.82, 2.24) is 15.0 Å². The Hall–Kier alpha value is -2.23. The highest BCUT2D eigenvalue weighted by Gasteiger charge is 2.11. The van der Waals surface area contributed by atoms with Gasteiger partial charge < -0.3 is 15.7 Å². The lowest BCUT2D eigenvalue weighted by Crippen LogP contribution is -1.86. The average molecular weight is 212 g/mol. The van der Waals surface area contributed by atoms with E-state index in [9.17, 15) is 0 Å². The van der Waals surface area contributed by atoms with Crippen LogP contribution >= 0.6 is 0 Å². The second-order valence-corrected chi connectivity index (χ2v) is 3.85. The molecule has 0 aliphatic rings. The van der Waals surface area contributed by atoms with Crippen LogP contribution in [-0.2, 0) is 0 Å². The number of nitrogens with zero attached hydrogens (tertiary/aromatic N) is 1. The van der Waals surface area contributed by atoms with Gasteiger partial charge in [0.2, 0.25) is 0 Å². The second-order valence-electron chi connectivity index (χ2n) is 3.85. The Morgan fingerprint density at radius 2 is 2.00 bits per heavy atom. The lowest BCUT2D eigenvalue weighted by molar-refractivity contribution is 1.28. The third-order valence-corrected chi connectivity index (χ3v) is 2.76. The smallest absolute Gasteiger partial charge is 0.197 e. The van der Waals surface area contributed by atoms with Gasteiger partial charge in [-0.15, -0.1) is 0 Å². The molecule has 0 atom stereocenters. The van der Waals surface area contributed by atoms with Crippen molar-refractivity contribution in [1.29, 1.82) is 0 Å². The van der Waals surface area contributed by atoms with Crippen LogP contribution < -0.4 is 5.73 Å². The molecule has 0 unspecified atom stereocenters. The molecule has 3 aromatic rings. The first-order valence-corrected chi connectivity index (χ1v) is 5.14. The van der Waals surface area contributed by atoms with Gasteiger partial charge >= 0.3 is 0 Å². The molecule has 0 spiro atoms. The third kappa shape index (κ3) is 1.20. The Labute approximate surface area is 92.5 Å². The Morgan fingerprint density at radius 1 is 1.19 bits per heavy atom. The van der Waals surface area contributed by atoms with Crippen LogP contribution in [0, 0.1) is 6.92 Å². The number of nitrogens with one attached hydrogen (secondary N) is 2. The fourth-order valence-electron chi connectivity index (χ4n) is 2.09. The third-order valence-electron chi connectivity index (χ3n) is 2.76. The number of nitrogen functional groups attached to an aromatic ring is 1. The predicted octanol–water partition coefficient (Wildman–Crippen LogP) is 2.45. The molecule has 2 aromatic heterocycles. The zero-order valence-electron chi connectivity index (χ0n) is 8.91. The normalized spacial score (nSPS) is 11.1. The van der Waals surface area contributed by atoms with Crippen molar-refractivity contribution in [3.05, 3.63) is 36.2 Å². The first kappa shape index (κ1) is 9.03. The van der Waals surface area contributed by atoms with Gasteiger partial charge in [-0.3, -0.25) is 0 Å². The molecule has 4 heteroatoms. The van der Waals surface area contributed by atoms with Gasteiger partial charge in [0, 0.05) is 22.2 Å². The van der Waals surface area contributed by atoms with Gasteiger partial charge in [0.05, 0.1) is 11.9 Å². The van der Waals surface area contributed by atoms with E-state index in [4.69, 9.17) is 5.73 Å². The minimum absolute atomic E-state index is 0.444. The van der Waals surface area contributed by atoms with E-state index in [1.165, 1.54) is 5.39 Å². The summed E-state index contributed by atoms with van der Waals surface area (Å²) in [6.45, 7) is 2.05. The van der Waals surface area contributed by atoms with Gasteiger partial charge in [0.15, 0.2) is 5.95 Å². The highest BCUT2D eigenvalue weighted by molar-refractivity contribution is 5.96. The molecule has 0 saturated carbocycles. The molecule has 4 N–H and O–H groups in total. The Balaban J connectivity index is 2.34. The SMILES string of the molecule is Cc1[nH]c2ccccc2c1-c1cnc(N)[nH]1. The lowest BCUT2D eigenvalue weighted by atomic mass is 10.1. The maximum absolute atomic E-state index is 5.60. The van der Waals surface area contributed by atoms with E-state index in [-0.39, 0.29) is 0 Å². The first-order chi connectivity index (χ1) is 7.75. The number of rotatable bonds is 1. The van der Waals surface area contributed by atoms with E-state index < -0.39 is 0 Å². The van der Waals surface area contributed by atoms with Gasteiger partial charge in [-0.1, -0.05) is 18.2 Å². The van der Waals surface area contributed by atoms with Gasteiger partial charge in [-0.25, -0.2) is 4.98 Å². The minimum atomic E-state index is 0.444. The molecule has 4 nitrogen and oxygen atoms in total. The molecular weight excluding hydrogens is 200 g/mol.